The van der Waals surface area contributed by atoms with E-state index in [2.05, 4.69) is 185 Å². The van der Waals surface area contributed by atoms with Gasteiger partial charge in [0, 0.05) is 10.8 Å². The predicted molar refractivity (Wildman–Crippen MR) is 249 cm³/mol. The molecule has 0 heterocycles. The maximum atomic E-state index is 2.53. The van der Waals surface area contributed by atoms with E-state index in [0.717, 1.165) is 12.8 Å². The molecule has 0 atom stereocenters. The van der Waals surface area contributed by atoms with E-state index >= 15 is 0 Å². The molecule has 13 rings (SSSR count). The maximum absolute atomic E-state index is 2.53. The van der Waals surface area contributed by atoms with Gasteiger partial charge in [-0.2, -0.15) is 0 Å². The highest BCUT2D eigenvalue weighted by atomic mass is 14.5. The molecule has 58 heavy (non-hydrogen) atoms. The van der Waals surface area contributed by atoms with Crippen LogP contribution in [-0.2, 0) is 17.3 Å². The Kier molecular flexibility index (Phi) is 6.24. The molecule has 0 radical (unpaired) electrons. The molecule has 0 amide bonds. The number of rotatable bonds is 3. The van der Waals surface area contributed by atoms with Gasteiger partial charge in [0.2, 0.25) is 0 Å². The third-order valence-electron chi connectivity index (χ3n) is 14.6. The average Bonchev–Trinajstić information content (AvgIpc) is 3.65. The summed E-state index contributed by atoms with van der Waals surface area (Å²) in [7, 11) is 0. The molecule has 0 saturated heterocycles. The van der Waals surface area contributed by atoms with Gasteiger partial charge in [0.05, 0.1) is 0 Å². The average molecular weight is 739 g/mol. The van der Waals surface area contributed by atoms with Crippen molar-refractivity contribution in [2.24, 2.45) is 0 Å². The van der Waals surface area contributed by atoms with Crippen LogP contribution >= 0.6 is 0 Å². The largest absolute Gasteiger partial charge is 0.0795 e. The van der Waals surface area contributed by atoms with E-state index in [-0.39, 0.29) is 10.8 Å². The zero-order valence-electron chi connectivity index (χ0n) is 33.4. The van der Waals surface area contributed by atoms with Gasteiger partial charge in [-0.25, -0.2) is 0 Å². The summed E-state index contributed by atoms with van der Waals surface area (Å²) in [6, 6.07) is 53.8. The van der Waals surface area contributed by atoms with Crippen molar-refractivity contribution in [3.05, 3.63) is 191 Å². The van der Waals surface area contributed by atoms with Crippen LogP contribution in [0.5, 0.6) is 0 Å². The summed E-state index contributed by atoms with van der Waals surface area (Å²) in [6.45, 7) is 9.81. The number of hydrogen-bond acceptors (Lipinski definition) is 0. The van der Waals surface area contributed by atoms with Gasteiger partial charge in [-0.3, -0.25) is 0 Å². The first-order chi connectivity index (χ1) is 28.3. The van der Waals surface area contributed by atoms with E-state index < -0.39 is 0 Å². The van der Waals surface area contributed by atoms with Crippen molar-refractivity contribution < 1.29 is 0 Å². The van der Waals surface area contributed by atoms with E-state index in [1.807, 2.05) is 0 Å². The Labute approximate surface area is 339 Å². The van der Waals surface area contributed by atoms with Gasteiger partial charge in [-0.1, -0.05) is 167 Å². The Morgan fingerprint density at radius 1 is 0.431 bits per heavy atom. The maximum Gasteiger partial charge on any atom is 0.0162 e. The minimum atomic E-state index is -0.130. The predicted octanol–water partition coefficient (Wildman–Crippen LogP) is 15.6. The second-order valence-electron chi connectivity index (χ2n) is 18.3. The minimum absolute atomic E-state index is 0.124. The van der Waals surface area contributed by atoms with E-state index in [1.54, 1.807) is 0 Å². The Morgan fingerprint density at radius 2 is 0.983 bits per heavy atom. The fourth-order valence-electron chi connectivity index (χ4n) is 11.9. The summed E-state index contributed by atoms with van der Waals surface area (Å²) < 4.78 is 0. The molecule has 0 nitrogen and oxygen atoms in total. The molecular weight excluding hydrogens is 697 g/mol. The van der Waals surface area contributed by atoms with Crippen LogP contribution < -0.4 is 0 Å². The van der Waals surface area contributed by atoms with Gasteiger partial charge in [-0.15, -0.1) is 0 Å². The van der Waals surface area contributed by atoms with Gasteiger partial charge in [0.25, 0.3) is 0 Å². The topological polar surface area (TPSA) is 0 Å². The molecule has 274 valence electrons. The normalized spacial score (nSPS) is 16.7. The van der Waals surface area contributed by atoms with Gasteiger partial charge in [0.1, 0.15) is 0 Å². The second kappa shape index (κ2) is 11.1. The second-order valence-corrected chi connectivity index (χ2v) is 18.3. The van der Waals surface area contributed by atoms with E-state index in [4.69, 9.17) is 0 Å². The van der Waals surface area contributed by atoms with Crippen molar-refractivity contribution in [3.8, 4) is 33.4 Å². The standard InChI is InChI=1S/C58H42/c1-57(2)49-31-40(39-12-7-13-41(30-39)43-24-18-37-16-14-33-8-5-10-35-20-26-45(43)53(37)51(33)35)22-28-47(49)55-56(57)48-29-23-42(32-50(48)58(55,3)4)44-25-19-38-17-15-34-9-6-11-36-21-27-46(44)54(38)52(34)36/h5-8,10-16,18-32H,9,17H2,1-4H3. The lowest BCUT2D eigenvalue weighted by molar-refractivity contribution is 0.694. The molecule has 0 fully saturated rings. The Hall–Kier alpha value is -6.50. The van der Waals surface area contributed by atoms with Crippen molar-refractivity contribution in [3.63, 3.8) is 0 Å². The highest BCUT2D eigenvalue weighted by Crippen LogP contribution is 2.63. The number of fused-ring (bicyclic) bond motifs is 4. The highest BCUT2D eigenvalue weighted by molar-refractivity contribution is 6.25. The van der Waals surface area contributed by atoms with Crippen molar-refractivity contribution in [2.75, 3.05) is 0 Å². The lowest BCUT2D eigenvalue weighted by Crippen LogP contribution is -2.19. The van der Waals surface area contributed by atoms with Gasteiger partial charge in [-0.05, 0) is 163 Å². The third-order valence-corrected chi connectivity index (χ3v) is 14.6. The summed E-state index contributed by atoms with van der Waals surface area (Å²) in [5.74, 6) is 0. The van der Waals surface area contributed by atoms with Crippen molar-refractivity contribution in [1.29, 1.82) is 0 Å². The molecule has 0 saturated carbocycles. The van der Waals surface area contributed by atoms with Crippen LogP contribution in [0.1, 0.15) is 73.1 Å². The zero-order valence-corrected chi connectivity index (χ0v) is 33.4. The summed E-state index contributed by atoms with van der Waals surface area (Å²) in [5, 5.41) is 10.8. The summed E-state index contributed by atoms with van der Waals surface area (Å²) in [4.78, 5) is 0. The van der Waals surface area contributed by atoms with E-state index in [1.165, 1.54) is 132 Å². The molecule has 4 aliphatic rings. The van der Waals surface area contributed by atoms with Crippen LogP contribution in [-0.4, -0.2) is 0 Å². The van der Waals surface area contributed by atoms with Gasteiger partial charge < -0.3 is 0 Å². The Morgan fingerprint density at radius 3 is 1.76 bits per heavy atom. The van der Waals surface area contributed by atoms with E-state index in [9.17, 15) is 0 Å². The van der Waals surface area contributed by atoms with Gasteiger partial charge >= 0.3 is 0 Å². The molecule has 0 aliphatic heterocycles. The number of allylic oxidation sites excluding steroid dienone is 5. The molecule has 0 heteroatoms. The molecule has 0 N–H and O–H groups in total. The highest BCUT2D eigenvalue weighted by Gasteiger charge is 2.49. The lowest BCUT2D eigenvalue weighted by Gasteiger charge is -2.29. The van der Waals surface area contributed by atoms with Crippen LogP contribution in [0.2, 0.25) is 0 Å². The van der Waals surface area contributed by atoms with Crippen LogP contribution in [0.15, 0.2) is 152 Å². The first-order valence-corrected chi connectivity index (χ1v) is 21.0. The molecule has 4 aliphatic carbocycles. The summed E-state index contributed by atoms with van der Waals surface area (Å²) >= 11 is 0. The first kappa shape index (κ1) is 32.6. The van der Waals surface area contributed by atoms with Crippen LogP contribution in [0, 0.1) is 0 Å². The first-order valence-electron chi connectivity index (χ1n) is 21.0. The van der Waals surface area contributed by atoms with Gasteiger partial charge in [0.15, 0.2) is 0 Å². The number of hydrogen-bond donors (Lipinski definition) is 0. The van der Waals surface area contributed by atoms with E-state index in [0.29, 0.717) is 0 Å². The number of benzene rings is 9. The fourth-order valence-corrected chi connectivity index (χ4v) is 11.9. The molecule has 0 aromatic heterocycles. The molecular formula is C58H42. The van der Waals surface area contributed by atoms with Crippen molar-refractivity contribution in [1.82, 2.24) is 0 Å². The van der Waals surface area contributed by atoms with Crippen LogP contribution in [0.25, 0.3) is 99.3 Å². The lowest BCUT2D eigenvalue weighted by atomic mass is 9.74. The molecule has 0 unspecified atom stereocenters. The molecule has 0 bridgehead atoms. The summed E-state index contributed by atoms with van der Waals surface area (Å²) in [6.07, 6.45) is 9.13. The fraction of sp³-hybridized carbons (Fsp3) is 0.138. The molecule has 0 spiro atoms. The SMILES string of the molecule is CC1(C)C2=C(c3ccc(-c4cccc(-c5ccc6ccc7cccc8ccc5c6c78)c4)cc31)C(C)(C)c1cc(-c3ccc4c5c6c(ccc35)C=CCC6=CC4)ccc12. The van der Waals surface area contributed by atoms with Crippen LogP contribution in [0.3, 0.4) is 0 Å². The zero-order chi connectivity index (χ0) is 38.7. The van der Waals surface area contributed by atoms with Crippen molar-refractivity contribution in [2.45, 2.75) is 51.4 Å². The smallest absolute Gasteiger partial charge is 0.0162 e. The molecule has 9 aromatic carbocycles. The molecule has 9 aromatic rings. The Balaban J connectivity index is 0.889. The Bertz CT molecular complexity index is 3410. The van der Waals surface area contributed by atoms with Crippen molar-refractivity contribution >= 4 is 65.9 Å². The minimum Gasteiger partial charge on any atom is -0.0795 e. The van der Waals surface area contributed by atoms with Crippen LogP contribution in [0.4, 0.5) is 0 Å². The monoisotopic (exact) mass is 738 g/mol. The third kappa shape index (κ3) is 4.15. The quantitative estimate of drug-likeness (QED) is 0.158. The summed E-state index contributed by atoms with van der Waals surface area (Å²) in [5.41, 5.74) is 22.0.